The van der Waals surface area contributed by atoms with Crippen LogP contribution in [0.15, 0.2) is 62.9 Å². The van der Waals surface area contributed by atoms with Crippen LogP contribution < -0.4 is 24.5 Å². The van der Waals surface area contributed by atoms with E-state index < -0.39 is 10.3 Å². The molecule has 0 spiro atoms. The summed E-state index contributed by atoms with van der Waals surface area (Å²) in [7, 11) is 1.39. The van der Waals surface area contributed by atoms with Gasteiger partial charge in [-0.1, -0.05) is 42.8 Å². The van der Waals surface area contributed by atoms with Crippen molar-refractivity contribution in [3.63, 3.8) is 0 Å². The third-order valence-corrected chi connectivity index (χ3v) is 6.59. The summed E-state index contributed by atoms with van der Waals surface area (Å²) in [6.45, 7) is 5.94. The third kappa shape index (κ3) is 5.34. The molecule has 0 aliphatic carbocycles. The minimum atomic E-state index is -0.559. The van der Waals surface area contributed by atoms with Gasteiger partial charge in [-0.15, -0.1) is 0 Å². The molecule has 3 aromatic carbocycles. The average molecular weight is 609 g/mol. The summed E-state index contributed by atoms with van der Waals surface area (Å²) in [6, 6.07) is 13.4. The van der Waals surface area contributed by atoms with Crippen molar-refractivity contribution < 1.29 is 23.9 Å². The Kier molecular flexibility index (Phi) is 7.19. The molecule has 206 valence electrons. The number of aromatic nitrogens is 2. The number of hydrogen-bond acceptors (Lipinski definition) is 9. The maximum absolute atomic E-state index is 13.4. The van der Waals surface area contributed by atoms with Gasteiger partial charge in [0, 0.05) is 21.5 Å². The highest BCUT2D eigenvalue weighted by atomic mass is 79.9. The van der Waals surface area contributed by atoms with E-state index in [1.54, 1.807) is 36.4 Å². The van der Waals surface area contributed by atoms with Crippen LogP contribution in [0.5, 0.6) is 23.0 Å². The number of nitro groups is 1. The quantitative estimate of drug-likeness (QED) is 0.151. The molecule has 0 atom stereocenters. The lowest BCUT2D eigenvalue weighted by atomic mass is 9.95. The monoisotopic (exact) mass is 608 g/mol. The van der Waals surface area contributed by atoms with Gasteiger partial charge in [0.2, 0.25) is 12.5 Å². The predicted molar refractivity (Wildman–Crippen MR) is 152 cm³/mol. The van der Waals surface area contributed by atoms with Gasteiger partial charge in [-0.3, -0.25) is 14.9 Å². The first-order valence-corrected chi connectivity index (χ1v) is 13.0. The van der Waals surface area contributed by atoms with Crippen molar-refractivity contribution in [1.29, 1.82) is 0 Å². The van der Waals surface area contributed by atoms with Crippen LogP contribution in [0.2, 0.25) is 0 Å². The van der Waals surface area contributed by atoms with Gasteiger partial charge in [0.15, 0.2) is 17.2 Å². The molecule has 0 unspecified atom stereocenters. The molecule has 1 aliphatic heterocycles. The fraction of sp³-hybridized carbons (Fsp3) is 0.250. The molecule has 12 heteroatoms. The standard InChI is InChI=1S/C28H25BrN4O7/c1-28(2,3)27-31-20-7-6-18(29)12-19(20)26(34)32(27)30-13-17-9-21(33(35)36)25(24(11-17)37-4)38-14-16-5-8-22-23(10-16)40-15-39-22/h5-13H,14-15H2,1-4H3. The molecule has 11 nitrogen and oxygen atoms in total. The molecule has 2 heterocycles. The molecule has 0 fully saturated rings. The lowest BCUT2D eigenvalue weighted by molar-refractivity contribution is -0.386. The fourth-order valence-corrected chi connectivity index (χ4v) is 4.53. The molecule has 40 heavy (non-hydrogen) atoms. The number of rotatable bonds is 7. The van der Waals surface area contributed by atoms with E-state index in [2.05, 4.69) is 26.0 Å². The van der Waals surface area contributed by atoms with E-state index in [-0.39, 0.29) is 36.1 Å². The molecule has 0 saturated heterocycles. The molecule has 0 saturated carbocycles. The molecular weight excluding hydrogens is 584 g/mol. The largest absolute Gasteiger partial charge is 0.493 e. The molecule has 0 N–H and O–H groups in total. The zero-order valence-corrected chi connectivity index (χ0v) is 23.7. The second-order valence-corrected chi connectivity index (χ2v) is 10.9. The minimum Gasteiger partial charge on any atom is -0.493 e. The summed E-state index contributed by atoms with van der Waals surface area (Å²) in [4.78, 5) is 29.6. The van der Waals surface area contributed by atoms with Crippen LogP contribution in [-0.4, -0.2) is 34.7 Å². The Morgan fingerprint density at radius 2 is 1.93 bits per heavy atom. The van der Waals surface area contributed by atoms with Crippen LogP contribution in [0, 0.1) is 10.1 Å². The minimum absolute atomic E-state index is 0.0317. The number of fused-ring (bicyclic) bond motifs is 2. The lowest BCUT2D eigenvalue weighted by Gasteiger charge is -2.20. The van der Waals surface area contributed by atoms with E-state index >= 15 is 0 Å². The smallest absolute Gasteiger partial charge is 0.315 e. The molecule has 5 rings (SSSR count). The van der Waals surface area contributed by atoms with Gasteiger partial charge in [-0.2, -0.15) is 9.78 Å². The Morgan fingerprint density at radius 1 is 1.15 bits per heavy atom. The first kappa shape index (κ1) is 27.1. The summed E-state index contributed by atoms with van der Waals surface area (Å²) in [5.41, 5.74) is 0.415. The van der Waals surface area contributed by atoms with Crippen LogP contribution >= 0.6 is 15.9 Å². The van der Waals surface area contributed by atoms with E-state index in [1.165, 1.54) is 24.1 Å². The Hall–Kier alpha value is -4.45. The fourth-order valence-electron chi connectivity index (χ4n) is 4.17. The van der Waals surface area contributed by atoms with E-state index in [4.69, 9.17) is 18.9 Å². The number of hydrogen-bond donors (Lipinski definition) is 0. The van der Waals surface area contributed by atoms with Crippen LogP contribution in [0.1, 0.15) is 37.7 Å². The lowest BCUT2D eigenvalue weighted by Crippen LogP contribution is -2.29. The van der Waals surface area contributed by atoms with Crippen LogP contribution in [0.25, 0.3) is 10.9 Å². The van der Waals surface area contributed by atoms with Gasteiger partial charge in [0.25, 0.3) is 5.56 Å². The number of benzene rings is 3. The van der Waals surface area contributed by atoms with Gasteiger partial charge < -0.3 is 18.9 Å². The van der Waals surface area contributed by atoms with Crippen molar-refractivity contribution in [3.8, 4) is 23.0 Å². The molecule has 0 amide bonds. The van der Waals surface area contributed by atoms with Gasteiger partial charge in [0.05, 0.1) is 29.2 Å². The van der Waals surface area contributed by atoms with E-state index in [1.807, 2.05) is 26.8 Å². The Morgan fingerprint density at radius 3 is 2.65 bits per heavy atom. The zero-order valence-electron chi connectivity index (χ0n) is 22.1. The molecule has 0 bridgehead atoms. The Labute approximate surface area is 237 Å². The van der Waals surface area contributed by atoms with E-state index in [0.717, 1.165) is 10.0 Å². The normalized spacial score (nSPS) is 12.7. The summed E-state index contributed by atoms with van der Waals surface area (Å²) >= 11 is 3.39. The van der Waals surface area contributed by atoms with Crippen molar-refractivity contribution in [3.05, 3.63) is 90.4 Å². The van der Waals surface area contributed by atoms with Gasteiger partial charge >= 0.3 is 5.69 Å². The highest BCUT2D eigenvalue weighted by Crippen LogP contribution is 2.39. The number of ether oxygens (including phenoxy) is 4. The molecular formula is C28H25BrN4O7. The van der Waals surface area contributed by atoms with Crippen molar-refractivity contribution >= 4 is 38.7 Å². The maximum Gasteiger partial charge on any atom is 0.315 e. The SMILES string of the molecule is COc1cc(C=Nn2c(C(C)(C)C)nc3ccc(Br)cc3c2=O)cc([N+](=O)[O-])c1OCc1ccc2c(c1)OCO2. The molecule has 0 radical (unpaired) electrons. The highest BCUT2D eigenvalue weighted by molar-refractivity contribution is 9.10. The zero-order chi connectivity index (χ0) is 28.6. The topological polar surface area (TPSA) is 127 Å². The van der Waals surface area contributed by atoms with E-state index in [0.29, 0.717) is 33.8 Å². The van der Waals surface area contributed by atoms with Crippen molar-refractivity contribution in [2.45, 2.75) is 32.8 Å². The average Bonchev–Trinajstić information content (AvgIpc) is 3.38. The van der Waals surface area contributed by atoms with Crippen molar-refractivity contribution in [2.75, 3.05) is 13.9 Å². The molecule has 1 aliphatic rings. The third-order valence-electron chi connectivity index (χ3n) is 6.10. The van der Waals surface area contributed by atoms with E-state index in [9.17, 15) is 14.9 Å². The van der Waals surface area contributed by atoms with Crippen LogP contribution in [0.4, 0.5) is 5.69 Å². The van der Waals surface area contributed by atoms with Crippen molar-refractivity contribution in [1.82, 2.24) is 9.66 Å². The summed E-state index contributed by atoms with van der Waals surface area (Å²) in [5.74, 6) is 1.75. The molecule has 1 aromatic heterocycles. The molecule has 4 aromatic rings. The van der Waals surface area contributed by atoms with Gasteiger partial charge in [-0.25, -0.2) is 4.98 Å². The number of nitro benzene ring substituents is 1. The van der Waals surface area contributed by atoms with Gasteiger partial charge in [-0.05, 0) is 42.0 Å². The Balaban J connectivity index is 1.52. The number of nitrogens with zero attached hydrogens (tertiary/aromatic N) is 4. The summed E-state index contributed by atoms with van der Waals surface area (Å²) in [6.07, 6.45) is 1.36. The van der Waals surface area contributed by atoms with Crippen molar-refractivity contribution in [2.24, 2.45) is 5.10 Å². The second kappa shape index (κ2) is 10.6. The Bertz CT molecular complexity index is 1730. The van der Waals surface area contributed by atoms with Crippen LogP contribution in [-0.2, 0) is 12.0 Å². The first-order chi connectivity index (χ1) is 19.0. The maximum atomic E-state index is 13.4. The number of halogens is 1. The van der Waals surface area contributed by atoms with Gasteiger partial charge in [0.1, 0.15) is 12.4 Å². The number of methoxy groups -OCH3 is 1. The van der Waals surface area contributed by atoms with Crippen LogP contribution in [0.3, 0.4) is 0 Å². The highest BCUT2D eigenvalue weighted by Gasteiger charge is 2.25. The predicted octanol–water partition coefficient (Wildman–Crippen LogP) is 5.56. The summed E-state index contributed by atoms with van der Waals surface area (Å²) in [5, 5.41) is 16.8. The summed E-state index contributed by atoms with van der Waals surface area (Å²) < 4.78 is 23.9. The second-order valence-electron chi connectivity index (χ2n) is 10.0. The first-order valence-electron chi connectivity index (χ1n) is 12.2.